The zero-order valence-corrected chi connectivity index (χ0v) is 22.1. The van der Waals surface area contributed by atoms with Crippen molar-refractivity contribution in [2.24, 2.45) is 0 Å². The summed E-state index contributed by atoms with van der Waals surface area (Å²) in [4.78, 5) is 30.6. The van der Waals surface area contributed by atoms with Gasteiger partial charge in [0.15, 0.2) is 0 Å². The number of carbonyl (C=O) groups excluding carboxylic acids is 2. The first-order chi connectivity index (χ1) is 16.9. The molecule has 4 rings (SSSR count). The zero-order valence-electron chi connectivity index (χ0n) is 20.5. The monoisotopic (exact) mass is 511 g/mol. The lowest BCUT2D eigenvalue weighted by Crippen LogP contribution is -2.44. The van der Waals surface area contributed by atoms with Gasteiger partial charge in [-0.3, -0.25) is 9.59 Å². The van der Waals surface area contributed by atoms with Crippen LogP contribution in [-0.4, -0.2) is 28.9 Å². The number of carbonyl (C=O) groups is 2. The molecule has 0 saturated heterocycles. The summed E-state index contributed by atoms with van der Waals surface area (Å²) in [5.41, 5.74) is 2.76. The van der Waals surface area contributed by atoms with Crippen LogP contribution in [0.4, 0.5) is 0 Å². The minimum absolute atomic E-state index is 0.0725. The first-order valence-electron chi connectivity index (χ1n) is 12.2. The van der Waals surface area contributed by atoms with Gasteiger partial charge in [0.1, 0.15) is 23.1 Å². The highest BCUT2D eigenvalue weighted by Crippen LogP contribution is 2.28. The third-order valence-electron chi connectivity index (χ3n) is 6.27. The maximum absolute atomic E-state index is 12.7. The summed E-state index contributed by atoms with van der Waals surface area (Å²) in [7, 11) is 0. The SMILES string of the molecule is Cc1ccc(C(C)C)c(OCc2nc(C(=O)NC3CCC(NC(=O)Cc4cccs4)CC3)cs2)c1. The summed E-state index contributed by atoms with van der Waals surface area (Å²) in [6.45, 7) is 6.69. The molecule has 0 spiro atoms. The topological polar surface area (TPSA) is 80.3 Å². The standard InChI is InChI=1S/C27H33N3O3S2/c1-17(2)22-11-6-18(3)13-24(22)33-15-26-30-23(16-35-26)27(32)29-20-9-7-19(8-10-20)28-25(31)14-21-5-4-12-34-21/h4-6,11-13,16-17,19-20H,7-10,14-15H2,1-3H3,(H,28,31)(H,29,32). The number of benzene rings is 1. The Balaban J connectivity index is 1.22. The van der Waals surface area contributed by atoms with Crippen LogP contribution in [0.3, 0.4) is 0 Å². The minimum atomic E-state index is -0.142. The fraction of sp³-hybridized carbons (Fsp3) is 0.444. The summed E-state index contributed by atoms with van der Waals surface area (Å²) in [6.07, 6.45) is 3.87. The van der Waals surface area contributed by atoms with Crippen molar-refractivity contribution >= 4 is 34.5 Å². The molecule has 1 aliphatic rings. The molecule has 186 valence electrons. The molecule has 0 aliphatic heterocycles. The maximum Gasteiger partial charge on any atom is 0.270 e. The van der Waals surface area contributed by atoms with Crippen molar-refractivity contribution in [3.63, 3.8) is 0 Å². The third kappa shape index (κ3) is 7.15. The van der Waals surface area contributed by atoms with Gasteiger partial charge in [-0.15, -0.1) is 22.7 Å². The van der Waals surface area contributed by atoms with E-state index in [2.05, 4.69) is 54.6 Å². The number of rotatable bonds is 9. The van der Waals surface area contributed by atoms with E-state index < -0.39 is 0 Å². The van der Waals surface area contributed by atoms with Gasteiger partial charge in [-0.1, -0.05) is 32.0 Å². The summed E-state index contributed by atoms with van der Waals surface area (Å²) >= 11 is 3.05. The van der Waals surface area contributed by atoms with Crippen molar-refractivity contribution in [1.82, 2.24) is 15.6 Å². The summed E-state index contributed by atoms with van der Waals surface area (Å²) in [5.74, 6) is 1.17. The number of aromatic nitrogens is 1. The minimum Gasteiger partial charge on any atom is -0.486 e. The lowest BCUT2D eigenvalue weighted by atomic mass is 9.91. The van der Waals surface area contributed by atoms with Gasteiger partial charge in [0, 0.05) is 22.3 Å². The van der Waals surface area contributed by atoms with Gasteiger partial charge in [-0.25, -0.2) is 4.98 Å². The van der Waals surface area contributed by atoms with Crippen LogP contribution in [0.15, 0.2) is 41.1 Å². The Morgan fingerprint density at radius 3 is 2.51 bits per heavy atom. The second-order valence-electron chi connectivity index (χ2n) is 9.46. The fourth-order valence-corrected chi connectivity index (χ4v) is 5.74. The number of hydrogen-bond donors (Lipinski definition) is 2. The normalized spacial score (nSPS) is 17.8. The number of hydrogen-bond acceptors (Lipinski definition) is 6. The second kappa shape index (κ2) is 11.8. The van der Waals surface area contributed by atoms with Crippen molar-refractivity contribution in [1.29, 1.82) is 0 Å². The molecule has 1 aliphatic carbocycles. The average molecular weight is 512 g/mol. The highest BCUT2D eigenvalue weighted by atomic mass is 32.1. The van der Waals surface area contributed by atoms with E-state index in [9.17, 15) is 9.59 Å². The molecule has 3 aromatic rings. The van der Waals surface area contributed by atoms with Crippen LogP contribution in [0.2, 0.25) is 0 Å². The first kappa shape index (κ1) is 25.4. The zero-order chi connectivity index (χ0) is 24.8. The number of thiazole rings is 1. The predicted molar refractivity (Wildman–Crippen MR) is 141 cm³/mol. The van der Waals surface area contributed by atoms with E-state index in [1.807, 2.05) is 17.5 Å². The number of aryl methyl sites for hydroxylation is 1. The van der Waals surface area contributed by atoms with E-state index in [0.29, 0.717) is 24.6 Å². The number of thiophene rings is 1. The van der Waals surface area contributed by atoms with Crippen LogP contribution in [0.25, 0.3) is 0 Å². The van der Waals surface area contributed by atoms with E-state index in [1.54, 1.807) is 16.7 Å². The van der Waals surface area contributed by atoms with Gasteiger partial charge in [0.25, 0.3) is 5.91 Å². The Hall–Kier alpha value is -2.71. The predicted octanol–water partition coefficient (Wildman–Crippen LogP) is 5.62. The van der Waals surface area contributed by atoms with Crippen LogP contribution in [0.5, 0.6) is 5.75 Å². The summed E-state index contributed by atoms with van der Waals surface area (Å²) < 4.78 is 6.07. The molecular formula is C27H33N3O3S2. The van der Waals surface area contributed by atoms with Crippen LogP contribution in [-0.2, 0) is 17.8 Å². The van der Waals surface area contributed by atoms with E-state index in [1.165, 1.54) is 16.9 Å². The van der Waals surface area contributed by atoms with Crippen LogP contribution < -0.4 is 15.4 Å². The highest BCUT2D eigenvalue weighted by molar-refractivity contribution is 7.10. The van der Waals surface area contributed by atoms with Gasteiger partial charge in [-0.05, 0) is 67.2 Å². The molecule has 0 radical (unpaired) electrons. The molecule has 2 heterocycles. The van der Waals surface area contributed by atoms with Crippen molar-refractivity contribution in [2.45, 2.75) is 77.5 Å². The van der Waals surface area contributed by atoms with Crippen molar-refractivity contribution < 1.29 is 14.3 Å². The molecule has 1 fully saturated rings. The smallest absolute Gasteiger partial charge is 0.270 e. The second-order valence-corrected chi connectivity index (χ2v) is 11.4. The average Bonchev–Trinajstić information content (AvgIpc) is 3.51. The Kier molecular flexibility index (Phi) is 8.57. The Morgan fingerprint density at radius 2 is 1.83 bits per heavy atom. The van der Waals surface area contributed by atoms with Crippen LogP contribution in [0.1, 0.15) is 76.9 Å². The van der Waals surface area contributed by atoms with E-state index in [4.69, 9.17) is 4.74 Å². The Bertz CT molecular complexity index is 1130. The molecule has 0 bridgehead atoms. The lowest BCUT2D eigenvalue weighted by molar-refractivity contribution is -0.121. The Labute approximate surface area is 215 Å². The molecule has 6 nitrogen and oxygen atoms in total. The number of nitrogens with zero attached hydrogens (tertiary/aromatic N) is 1. The number of nitrogens with one attached hydrogen (secondary N) is 2. The molecule has 2 amide bonds. The molecule has 35 heavy (non-hydrogen) atoms. The first-order valence-corrected chi connectivity index (χ1v) is 13.9. The highest BCUT2D eigenvalue weighted by Gasteiger charge is 2.24. The molecule has 1 saturated carbocycles. The molecule has 1 aromatic carbocycles. The molecule has 2 N–H and O–H groups in total. The number of amides is 2. The molecule has 2 aromatic heterocycles. The summed E-state index contributed by atoms with van der Waals surface area (Å²) in [5, 5.41) is 10.8. The Morgan fingerprint density at radius 1 is 1.09 bits per heavy atom. The largest absolute Gasteiger partial charge is 0.486 e. The van der Waals surface area contributed by atoms with Gasteiger partial charge in [0.05, 0.1) is 6.42 Å². The third-order valence-corrected chi connectivity index (χ3v) is 7.97. The van der Waals surface area contributed by atoms with E-state index in [0.717, 1.165) is 46.9 Å². The van der Waals surface area contributed by atoms with Gasteiger partial charge in [0.2, 0.25) is 5.91 Å². The van der Waals surface area contributed by atoms with Gasteiger partial charge >= 0.3 is 0 Å². The van der Waals surface area contributed by atoms with Crippen molar-refractivity contribution in [3.05, 3.63) is 67.8 Å². The molecule has 8 heteroatoms. The van der Waals surface area contributed by atoms with E-state index in [-0.39, 0.29) is 23.9 Å². The van der Waals surface area contributed by atoms with Crippen LogP contribution in [0, 0.1) is 6.92 Å². The number of ether oxygens (including phenoxy) is 1. The molecule has 0 atom stereocenters. The van der Waals surface area contributed by atoms with Crippen molar-refractivity contribution in [2.75, 3.05) is 0 Å². The van der Waals surface area contributed by atoms with Crippen LogP contribution >= 0.6 is 22.7 Å². The van der Waals surface area contributed by atoms with E-state index >= 15 is 0 Å². The van der Waals surface area contributed by atoms with Gasteiger partial charge in [-0.2, -0.15) is 0 Å². The molecule has 0 unspecified atom stereocenters. The fourth-order valence-electron chi connectivity index (χ4n) is 4.36. The molecular weight excluding hydrogens is 478 g/mol. The van der Waals surface area contributed by atoms with Gasteiger partial charge < -0.3 is 15.4 Å². The summed E-state index contributed by atoms with van der Waals surface area (Å²) in [6, 6.07) is 10.5. The quantitative estimate of drug-likeness (QED) is 0.391. The maximum atomic E-state index is 12.7. The lowest BCUT2D eigenvalue weighted by Gasteiger charge is -2.29. The van der Waals surface area contributed by atoms with Crippen molar-refractivity contribution in [3.8, 4) is 5.75 Å².